The van der Waals surface area contributed by atoms with Gasteiger partial charge in [0.15, 0.2) is 5.11 Å². The smallest absolute Gasteiger partial charge is 0.265 e. The molecule has 1 fully saturated rings. The zero-order valence-corrected chi connectivity index (χ0v) is 20.0. The first-order valence-electron chi connectivity index (χ1n) is 11.5. The predicted molar refractivity (Wildman–Crippen MR) is 140 cm³/mol. The molecule has 0 bridgehead atoms. The highest BCUT2D eigenvalue weighted by Gasteiger charge is 2.37. The van der Waals surface area contributed by atoms with E-state index in [-0.39, 0.29) is 22.5 Å². The SMILES string of the molecule is CCN1C(=O)C(=C/C=c2\c3cccc4cccc(c43)n2Cc2ccccc2)C(=O)N(CC)C1=S. The summed E-state index contributed by atoms with van der Waals surface area (Å²) >= 11 is 5.39. The molecule has 4 aromatic rings. The third-order valence-electron chi connectivity index (χ3n) is 6.38. The molecule has 170 valence electrons. The highest BCUT2D eigenvalue weighted by molar-refractivity contribution is 7.80. The van der Waals surface area contributed by atoms with Gasteiger partial charge in [-0.3, -0.25) is 19.4 Å². The number of carbonyl (C=O) groups is 2. The summed E-state index contributed by atoms with van der Waals surface area (Å²) in [5.41, 5.74) is 2.43. The van der Waals surface area contributed by atoms with Gasteiger partial charge in [-0.15, -0.1) is 0 Å². The summed E-state index contributed by atoms with van der Waals surface area (Å²) in [4.78, 5) is 29.2. The molecule has 34 heavy (non-hydrogen) atoms. The second kappa shape index (κ2) is 8.88. The second-order valence-electron chi connectivity index (χ2n) is 8.27. The first-order valence-corrected chi connectivity index (χ1v) is 11.9. The lowest BCUT2D eigenvalue weighted by Gasteiger charge is -2.35. The van der Waals surface area contributed by atoms with E-state index in [0.717, 1.165) is 21.6 Å². The zero-order chi connectivity index (χ0) is 23.8. The minimum atomic E-state index is -0.345. The molecule has 0 spiro atoms. The summed E-state index contributed by atoms with van der Waals surface area (Å²) < 4.78 is 2.25. The highest BCUT2D eigenvalue weighted by atomic mass is 32.1. The van der Waals surface area contributed by atoms with E-state index in [1.807, 2.05) is 44.2 Å². The number of amides is 2. The normalized spacial score (nSPS) is 15.3. The van der Waals surface area contributed by atoms with E-state index in [2.05, 4.69) is 47.0 Å². The van der Waals surface area contributed by atoms with Gasteiger partial charge in [-0.25, -0.2) is 0 Å². The molecule has 1 aliphatic heterocycles. The van der Waals surface area contributed by atoms with Crippen molar-refractivity contribution in [2.45, 2.75) is 20.4 Å². The number of hydrogen-bond donors (Lipinski definition) is 0. The molecule has 6 heteroatoms. The lowest BCUT2D eigenvalue weighted by atomic mass is 10.1. The summed E-state index contributed by atoms with van der Waals surface area (Å²) in [6.07, 6.45) is 3.56. The minimum Gasteiger partial charge on any atom is -0.336 e. The van der Waals surface area contributed by atoms with Gasteiger partial charge >= 0.3 is 0 Å². The Morgan fingerprint density at radius 2 is 1.44 bits per heavy atom. The fraction of sp³-hybridized carbons (Fsp3) is 0.179. The third-order valence-corrected chi connectivity index (χ3v) is 6.82. The Kier molecular flexibility index (Phi) is 5.75. The monoisotopic (exact) mass is 467 g/mol. The van der Waals surface area contributed by atoms with Crippen LogP contribution in [0.1, 0.15) is 19.4 Å². The molecule has 1 saturated heterocycles. The molecule has 2 heterocycles. The van der Waals surface area contributed by atoms with E-state index in [1.54, 1.807) is 6.08 Å². The maximum atomic E-state index is 13.1. The topological polar surface area (TPSA) is 45.6 Å². The van der Waals surface area contributed by atoms with Gasteiger partial charge in [0.25, 0.3) is 11.8 Å². The van der Waals surface area contributed by atoms with Crippen LogP contribution in [0.2, 0.25) is 0 Å². The maximum absolute atomic E-state index is 13.1. The molecule has 1 aromatic heterocycles. The van der Waals surface area contributed by atoms with Gasteiger partial charge in [0, 0.05) is 35.8 Å². The number of rotatable bonds is 5. The largest absolute Gasteiger partial charge is 0.336 e. The Morgan fingerprint density at radius 3 is 2.09 bits per heavy atom. The quantitative estimate of drug-likeness (QED) is 0.250. The van der Waals surface area contributed by atoms with E-state index in [1.165, 1.54) is 20.7 Å². The van der Waals surface area contributed by atoms with Crippen molar-refractivity contribution in [1.82, 2.24) is 14.4 Å². The van der Waals surface area contributed by atoms with Crippen LogP contribution in [0.25, 0.3) is 27.8 Å². The van der Waals surface area contributed by atoms with Crippen LogP contribution in [0.15, 0.2) is 78.4 Å². The Morgan fingerprint density at radius 1 is 0.794 bits per heavy atom. The fourth-order valence-electron chi connectivity index (χ4n) is 4.72. The lowest BCUT2D eigenvalue weighted by Crippen LogP contribution is -2.55. The molecule has 3 aromatic carbocycles. The fourth-order valence-corrected chi connectivity index (χ4v) is 5.14. The van der Waals surface area contributed by atoms with E-state index in [9.17, 15) is 9.59 Å². The van der Waals surface area contributed by atoms with Crippen molar-refractivity contribution < 1.29 is 9.59 Å². The molecule has 0 radical (unpaired) electrons. The van der Waals surface area contributed by atoms with Crippen LogP contribution in [0.3, 0.4) is 0 Å². The van der Waals surface area contributed by atoms with Crippen LogP contribution >= 0.6 is 12.2 Å². The zero-order valence-electron chi connectivity index (χ0n) is 19.2. The van der Waals surface area contributed by atoms with Gasteiger partial charge in [0.05, 0.1) is 5.52 Å². The molecule has 0 aliphatic carbocycles. The third kappa shape index (κ3) is 3.51. The van der Waals surface area contributed by atoms with Crippen LogP contribution in [0.5, 0.6) is 0 Å². The highest BCUT2D eigenvalue weighted by Crippen LogP contribution is 2.26. The van der Waals surface area contributed by atoms with Crippen molar-refractivity contribution in [1.29, 1.82) is 0 Å². The molecule has 0 atom stereocenters. The van der Waals surface area contributed by atoms with E-state index >= 15 is 0 Å². The summed E-state index contributed by atoms with van der Waals surface area (Å²) in [7, 11) is 0. The van der Waals surface area contributed by atoms with Crippen LogP contribution < -0.4 is 5.35 Å². The number of benzene rings is 3. The number of likely N-dealkylation sites (N-methyl/N-ethyl adjacent to an activating group) is 2. The Balaban J connectivity index is 1.74. The van der Waals surface area contributed by atoms with E-state index in [4.69, 9.17) is 12.2 Å². The van der Waals surface area contributed by atoms with Crippen LogP contribution in [0, 0.1) is 0 Å². The molecule has 2 amide bonds. The first kappa shape index (κ1) is 22.0. The van der Waals surface area contributed by atoms with Crippen molar-refractivity contribution in [3.8, 4) is 0 Å². The molecule has 0 saturated carbocycles. The minimum absolute atomic E-state index is 0.132. The van der Waals surface area contributed by atoms with Crippen LogP contribution in [0.4, 0.5) is 0 Å². The van der Waals surface area contributed by atoms with Crippen LogP contribution in [-0.2, 0) is 16.1 Å². The standard InChI is InChI=1S/C28H25N3O2S/c1-3-29-26(32)22(27(33)30(4-2)28(29)34)16-17-23-21-14-8-12-20-13-9-15-24(25(20)21)31(23)18-19-10-6-5-7-11-19/h5-17H,3-4,18H2,1-2H3/b23-17+. The van der Waals surface area contributed by atoms with Crippen LogP contribution in [-0.4, -0.2) is 44.4 Å². The Labute approximate surface area is 203 Å². The number of carbonyl (C=O) groups excluding carboxylic acids is 2. The average Bonchev–Trinajstić information content (AvgIpc) is 3.14. The average molecular weight is 468 g/mol. The number of nitrogens with zero attached hydrogens (tertiary/aromatic N) is 3. The van der Waals surface area contributed by atoms with Gasteiger partial charge in [0.1, 0.15) is 5.57 Å². The maximum Gasteiger partial charge on any atom is 0.265 e. The predicted octanol–water partition coefficient (Wildman–Crippen LogP) is 4.26. The van der Waals surface area contributed by atoms with Gasteiger partial charge in [-0.2, -0.15) is 0 Å². The number of aromatic nitrogens is 1. The number of thiocarbonyl (C=S) groups is 1. The van der Waals surface area contributed by atoms with E-state index < -0.39 is 0 Å². The molecular formula is C28H25N3O2S. The van der Waals surface area contributed by atoms with Crippen molar-refractivity contribution in [3.63, 3.8) is 0 Å². The van der Waals surface area contributed by atoms with Gasteiger partial charge in [0.2, 0.25) is 0 Å². The van der Waals surface area contributed by atoms with Crippen molar-refractivity contribution in [3.05, 3.63) is 89.3 Å². The van der Waals surface area contributed by atoms with E-state index in [0.29, 0.717) is 19.6 Å². The summed E-state index contributed by atoms with van der Waals surface area (Å²) in [5.74, 6) is -0.690. The van der Waals surface area contributed by atoms with Gasteiger partial charge < -0.3 is 4.57 Å². The van der Waals surface area contributed by atoms with Gasteiger partial charge in [-0.05, 0) is 55.2 Å². The van der Waals surface area contributed by atoms with Crippen molar-refractivity contribution in [2.75, 3.05) is 13.1 Å². The van der Waals surface area contributed by atoms with Crippen molar-refractivity contribution in [2.24, 2.45) is 0 Å². The Bertz CT molecular complexity index is 1480. The second-order valence-corrected chi connectivity index (χ2v) is 8.63. The van der Waals surface area contributed by atoms with Gasteiger partial charge in [-0.1, -0.05) is 60.7 Å². The molecule has 5 rings (SSSR count). The molecule has 0 unspecified atom stereocenters. The summed E-state index contributed by atoms with van der Waals surface area (Å²) in [6, 6.07) is 22.8. The Hall–Kier alpha value is -3.77. The molecular weight excluding hydrogens is 442 g/mol. The summed E-state index contributed by atoms with van der Waals surface area (Å²) in [5, 5.41) is 4.66. The summed E-state index contributed by atoms with van der Waals surface area (Å²) in [6.45, 7) is 5.23. The lowest BCUT2D eigenvalue weighted by molar-refractivity contribution is -0.133. The molecule has 5 nitrogen and oxygen atoms in total. The molecule has 0 N–H and O–H groups in total. The number of hydrogen-bond acceptors (Lipinski definition) is 3. The van der Waals surface area contributed by atoms with Crippen molar-refractivity contribution >= 4 is 56.9 Å². The number of allylic oxidation sites excluding steroid dienone is 1. The molecule has 1 aliphatic rings. The first-order chi connectivity index (χ1) is 16.5.